The largest absolute Gasteiger partial charge is 0.385 e. The van der Waals surface area contributed by atoms with Gasteiger partial charge in [0.05, 0.1) is 6.10 Å². The van der Waals surface area contributed by atoms with Crippen molar-refractivity contribution in [2.45, 2.75) is 124 Å². The van der Waals surface area contributed by atoms with E-state index in [9.17, 15) is 0 Å². The maximum absolute atomic E-state index is 6.34. The third kappa shape index (κ3) is 5.34. The van der Waals surface area contributed by atoms with Crippen LogP contribution in [0.3, 0.4) is 0 Å². The smallest absolute Gasteiger partial charge is 0.0612 e. The van der Waals surface area contributed by atoms with Crippen molar-refractivity contribution in [2.75, 3.05) is 20.3 Å². The van der Waals surface area contributed by atoms with Crippen LogP contribution in [0.4, 0.5) is 0 Å². The number of methoxy groups -OCH3 is 1. The van der Waals surface area contributed by atoms with Crippen LogP contribution in [-0.2, 0) is 9.47 Å². The van der Waals surface area contributed by atoms with Crippen molar-refractivity contribution in [3.63, 3.8) is 0 Å². The normalized spacial score (nSPS) is 40.4. The van der Waals surface area contributed by atoms with E-state index in [1.807, 2.05) is 0 Å². The summed E-state index contributed by atoms with van der Waals surface area (Å²) < 4.78 is 11.5. The average Bonchev–Trinajstić information content (AvgIpc) is 3.16. The molecule has 8 atom stereocenters. The average molecular weight is 473 g/mol. The van der Waals surface area contributed by atoms with Crippen molar-refractivity contribution in [1.82, 2.24) is 0 Å². The van der Waals surface area contributed by atoms with E-state index in [2.05, 4.69) is 40.7 Å². The van der Waals surface area contributed by atoms with E-state index in [4.69, 9.17) is 9.47 Å². The molecule has 0 aromatic carbocycles. The predicted octanol–water partition coefficient (Wildman–Crippen LogP) is 8.84. The van der Waals surface area contributed by atoms with Crippen molar-refractivity contribution in [1.29, 1.82) is 0 Å². The monoisotopic (exact) mass is 472 g/mol. The lowest BCUT2D eigenvalue weighted by Gasteiger charge is -2.58. The Morgan fingerprint density at radius 2 is 1.71 bits per heavy atom. The minimum atomic E-state index is 0.446. The van der Waals surface area contributed by atoms with E-state index in [1.165, 1.54) is 70.6 Å². The van der Waals surface area contributed by atoms with Gasteiger partial charge >= 0.3 is 0 Å². The fourth-order valence-electron chi connectivity index (χ4n) is 9.39. The van der Waals surface area contributed by atoms with Gasteiger partial charge in [0.1, 0.15) is 0 Å². The highest BCUT2D eigenvalue weighted by Crippen LogP contribution is 2.67. The molecule has 4 aliphatic rings. The van der Waals surface area contributed by atoms with Crippen LogP contribution in [0, 0.1) is 46.3 Å². The quantitative estimate of drug-likeness (QED) is 0.221. The first-order chi connectivity index (χ1) is 16.3. The van der Waals surface area contributed by atoms with Gasteiger partial charge in [0.2, 0.25) is 0 Å². The molecule has 0 N–H and O–H groups in total. The molecule has 3 saturated carbocycles. The summed E-state index contributed by atoms with van der Waals surface area (Å²) >= 11 is 0. The summed E-state index contributed by atoms with van der Waals surface area (Å²) in [6.45, 7) is 14.5. The van der Waals surface area contributed by atoms with E-state index in [0.29, 0.717) is 16.9 Å². The highest BCUT2D eigenvalue weighted by Gasteiger charge is 2.59. The van der Waals surface area contributed by atoms with Crippen LogP contribution >= 0.6 is 0 Å². The molecule has 0 radical (unpaired) electrons. The van der Waals surface area contributed by atoms with Crippen LogP contribution in [0.25, 0.3) is 0 Å². The minimum Gasteiger partial charge on any atom is -0.385 e. The van der Waals surface area contributed by atoms with Crippen LogP contribution < -0.4 is 0 Å². The second-order valence-corrected chi connectivity index (χ2v) is 13.7. The van der Waals surface area contributed by atoms with Gasteiger partial charge in [-0.25, -0.2) is 0 Å². The molecule has 0 aromatic rings. The molecule has 0 aliphatic heterocycles. The van der Waals surface area contributed by atoms with E-state index < -0.39 is 0 Å². The van der Waals surface area contributed by atoms with Gasteiger partial charge in [0.25, 0.3) is 0 Å². The first-order valence-corrected chi connectivity index (χ1v) is 15.1. The third-order valence-electron chi connectivity index (χ3n) is 11.4. The molecule has 3 fully saturated rings. The standard InChI is InChI=1S/C32H56O2/c1-23(2)10-9-11-24(3)28-14-15-29-27-13-12-25-22-26(34-21-8-7-20-33-6)16-18-31(25,4)30(27)17-19-32(28,29)5/h12,23-24,26-30H,7-11,13-22H2,1-6H3. The number of hydrogen-bond acceptors (Lipinski definition) is 2. The Hall–Kier alpha value is -0.340. The molecule has 0 saturated heterocycles. The summed E-state index contributed by atoms with van der Waals surface area (Å²) in [7, 11) is 1.79. The number of rotatable bonds is 11. The highest BCUT2D eigenvalue weighted by molar-refractivity contribution is 5.25. The number of allylic oxidation sites excluding steroid dienone is 1. The maximum atomic E-state index is 6.34. The van der Waals surface area contributed by atoms with Gasteiger partial charge in [-0.15, -0.1) is 0 Å². The van der Waals surface area contributed by atoms with E-state index in [0.717, 1.165) is 61.6 Å². The lowest BCUT2D eigenvalue weighted by Crippen LogP contribution is -2.51. The van der Waals surface area contributed by atoms with Crippen LogP contribution in [0.1, 0.15) is 118 Å². The van der Waals surface area contributed by atoms with Gasteiger partial charge < -0.3 is 9.47 Å². The van der Waals surface area contributed by atoms with Gasteiger partial charge in [-0.3, -0.25) is 0 Å². The molecule has 2 nitrogen and oxygen atoms in total. The van der Waals surface area contributed by atoms with Crippen LogP contribution in [0.5, 0.6) is 0 Å². The SMILES string of the molecule is COCCCCOC1CCC2(C)C(=CCC3C2CCC2(C)C(C(C)CCCC(C)C)CCC32)C1. The molecule has 0 bridgehead atoms. The van der Waals surface area contributed by atoms with Crippen molar-refractivity contribution in [3.8, 4) is 0 Å². The highest BCUT2D eigenvalue weighted by atomic mass is 16.5. The zero-order valence-corrected chi connectivity index (χ0v) is 23.5. The molecule has 0 heterocycles. The van der Waals surface area contributed by atoms with E-state index in [1.54, 1.807) is 12.7 Å². The van der Waals surface area contributed by atoms with Crippen LogP contribution in [0.15, 0.2) is 11.6 Å². The molecular weight excluding hydrogens is 416 g/mol. The van der Waals surface area contributed by atoms with Crippen LogP contribution in [0.2, 0.25) is 0 Å². The summed E-state index contributed by atoms with van der Waals surface area (Å²) in [4.78, 5) is 0. The molecular formula is C32H56O2. The number of ether oxygens (including phenoxy) is 2. The van der Waals surface area contributed by atoms with Crippen molar-refractivity contribution < 1.29 is 9.47 Å². The van der Waals surface area contributed by atoms with Crippen molar-refractivity contribution in [3.05, 3.63) is 11.6 Å². The zero-order chi connectivity index (χ0) is 24.3. The molecule has 4 aliphatic carbocycles. The zero-order valence-electron chi connectivity index (χ0n) is 23.5. The molecule has 8 unspecified atom stereocenters. The Bertz CT molecular complexity index is 682. The van der Waals surface area contributed by atoms with Gasteiger partial charge in [-0.2, -0.15) is 0 Å². The molecule has 4 rings (SSSR count). The summed E-state index contributed by atoms with van der Waals surface area (Å²) in [5, 5.41) is 0. The molecule has 0 spiro atoms. The molecule has 2 heteroatoms. The number of fused-ring (bicyclic) bond motifs is 5. The number of hydrogen-bond donors (Lipinski definition) is 0. The molecule has 0 amide bonds. The second-order valence-electron chi connectivity index (χ2n) is 13.7. The first-order valence-electron chi connectivity index (χ1n) is 15.1. The Labute approximate surface area is 212 Å². The Morgan fingerprint density at radius 3 is 2.47 bits per heavy atom. The Balaban J connectivity index is 1.37. The summed E-state index contributed by atoms with van der Waals surface area (Å²) in [5.41, 5.74) is 2.81. The van der Waals surface area contributed by atoms with Crippen molar-refractivity contribution in [2.24, 2.45) is 46.3 Å². The third-order valence-corrected chi connectivity index (χ3v) is 11.4. The summed E-state index contributed by atoms with van der Waals surface area (Å²) in [5.74, 6) is 5.55. The molecule has 196 valence electrons. The second kappa shape index (κ2) is 11.4. The van der Waals surface area contributed by atoms with Gasteiger partial charge in [-0.1, -0.05) is 65.5 Å². The number of unbranched alkanes of at least 4 members (excludes halogenated alkanes) is 1. The first kappa shape index (κ1) is 26.7. The van der Waals surface area contributed by atoms with Crippen molar-refractivity contribution >= 4 is 0 Å². The lowest BCUT2D eigenvalue weighted by atomic mass is 9.47. The summed E-state index contributed by atoms with van der Waals surface area (Å²) in [6.07, 6.45) is 20.8. The Kier molecular flexibility index (Phi) is 8.93. The van der Waals surface area contributed by atoms with Gasteiger partial charge in [-0.05, 0) is 111 Å². The van der Waals surface area contributed by atoms with E-state index in [-0.39, 0.29) is 0 Å². The van der Waals surface area contributed by atoms with Crippen LogP contribution in [-0.4, -0.2) is 26.4 Å². The topological polar surface area (TPSA) is 18.5 Å². The molecule has 34 heavy (non-hydrogen) atoms. The van der Waals surface area contributed by atoms with Gasteiger partial charge in [0.15, 0.2) is 0 Å². The maximum Gasteiger partial charge on any atom is 0.0612 e. The summed E-state index contributed by atoms with van der Waals surface area (Å²) in [6, 6.07) is 0. The van der Waals surface area contributed by atoms with E-state index >= 15 is 0 Å². The Morgan fingerprint density at radius 1 is 0.912 bits per heavy atom. The van der Waals surface area contributed by atoms with Gasteiger partial charge in [0, 0.05) is 20.3 Å². The predicted molar refractivity (Wildman–Crippen MR) is 144 cm³/mol. The lowest BCUT2D eigenvalue weighted by molar-refractivity contribution is -0.0642. The fourth-order valence-corrected chi connectivity index (χ4v) is 9.39. The minimum absolute atomic E-state index is 0.446. The molecule has 0 aromatic heterocycles. The fraction of sp³-hybridized carbons (Fsp3) is 0.938.